The number of methoxy groups -OCH3 is 1. The van der Waals surface area contributed by atoms with E-state index in [0.29, 0.717) is 18.0 Å². The van der Waals surface area contributed by atoms with Crippen molar-refractivity contribution in [3.05, 3.63) is 59.2 Å². The molecule has 0 aliphatic carbocycles. The highest BCUT2D eigenvalue weighted by molar-refractivity contribution is 6.01. The first-order chi connectivity index (χ1) is 12.9. The zero-order valence-corrected chi connectivity index (χ0v) is 16.3. The highest BCUT2D eigenvalue weighted by Gasteiger charge is 2.36. The molecule has 2 aromatic rings. The Bertz CT molecular complexity index is 862. The maximum atomic E-state index is 12.8. The molecule has 2 atom stereocenters. The van der Waals surface area contributed by atoms with Crippen LogP contribution in [0.15, 0.2) is 42.5 Å². The van der Waals surface area contributed by atoms with Crippen molar-refractivity contribution in [1.82, 2.24) is 5.32 Å². The Morgan fingerprint density at radius 2 is 1.96 bits per heavy atom. The standard InChI is InChI=1S/C22H26N2O3/c1-14-9-10-15(2)18(11-14)16(3)23-22(26)17-12-21(25)24(13-17)19-7-5-6-8-20(19)27-4/h5-11,16-17H,12-13H2,1-4H3,(H,23,26). The second-order valence-corrected chi connectivity index (χ2v) is 7.17. The third kappa shape index (κ3) is 3.97. The van der Waals surface area contributed by atoms with Gasteiger partial charge in [0.1, 0.15) is 5.75 Å². The average molecular weight is 366 g/mol. The molecule has 0 radical (unpaired) electrons. The van der Waals surface area contributed by atoms with E-state index in [0.717, 1.165) is 16.7 Å². The number of carbonyl (C=O) groups is 2. The molecule has 2 aromatic carbocycles. The summed E-state index contributed by atoms with van der Waals surface area (Å²) in [6, 6.07) is 13.5. The minimum absolute atomic E-state index is 0.0564. The minimum Gasteiger partial charge on any atom is -0.495 e. The zero-order valence-electron chi connectivity index (χ0n) is 16.3. The maximum absolute atomic E-state index is 12.8. The van der Waals surface area contributed by atoms with Gasteiger partial charge in [-0.1, -0.05) is 35.9 Å². The molecule has 0 bridgehead atoms. The molecule has 1 N–H and O–H groups in total. The van der Waals surface area contributed by atoms with E-state index in [9.17, 15) is 9.59 Å². The van der Waals surface area contributed by atoms with Gasteiger partial charge in [-0.05, 0) is 44.0 Å². The van der Waals surface area contributed by atoms with Crippen LogP contribution < -0.4 is 15.0 Å². The molecule has 5 nitrogen and oxygen atoms in total. The van der Waals surface area contributed by atoms with E-state index >= 15 is 0 Å². The highest BCUT2D eigenvalue weighted by Crippen LogP contribution is 2.33. The molecule has 3 rings (SSSR count). The largest absolute Gasteiger partial charge is 0.495 e. The van der Waals surface area contributed by atoms with E-state index in [-0.39, 0.29) is 30.2 Å². The first-order valence-corrected chi connectivity index (χ1v) is 9.21. The van der Waals surface area contributed by atoms with E-state index in [1.807, 2.05) is 45.0 Å². The predicted octanol–water partition coefficient (Wildman–Crippen LogP) is 3.54. The molecule has 0 spiro atoms. The molecule has 0 aromatic heterocycles. The summed E-state index contributed by atoms with van der Waals surface area (Å²) in [7, 11) is 1.58. The van der Waals surface area contributed by atoms with Crippen LogP contribution in [0.3, 0.4) is 0 Å². The summed E-state index contributed by atoms with van der Waals surface area (Å²) >= 11 is 0. The van der Waals surface area contributed by atoms with Gasteiger partial charge in [0.05, 0.1) is 24.8 Å². The summed E-state index contributed by atoms with van der Waals surface area (Å²) in [5.41, 5.74) is 4.12. The van der Waals surface area contributed by atoms with Crippen molar-refractivity contribution < 1.29 is 14.3 Å². The van der Waals surface area contributed by atoms with Crippen molar-refractivity contribution in [1.29, 1.82) is 0 Å². The number of anilines is 1. The van der Waals surface area contributed by atoms with Crippen LogP contribution in [0.1, 0.15) is 36.1 Å². The fourth-order valence-electron chi connectivity index (χ4n) is 3.60. The lowest BCUT2D eigenvalue weighted by atomic mass is 9.99. The number of amides is 2. The Kier molecular flexibility index (Phi) is 5.49. The molecule has 27 heavy (non-hydrogen) atoms. The highest BCUT2D eigenvalue weighted by atomic mass is 16.5. The summed E-state index contributed by atoms with van der Waals surface area (Å²) in [6.07, 6.45) is 0.212. The SMILES string of the molecule is COc1ccccc1N1CC(C(=O)NC(C)c2cc(C)ccc2C)CC1=O. The number of benzene rings is 2. The summed E-state index contributed by atoms with van der Waals surface area (Å²) in [6.45, 7) is 6.43. The van der Waals surface area contributed by atoms with Gasteiger partial charge >= 0.3 is 0 Å². The molecule has 142 valence electrons. The van der Waals surface area contributed by atoms with Crippen molar-refractivity contribution in [2.45, 2.75) is 33.2 Å². The third-order valence-corrected chi connectivity index (χ3v) is 5.13. The van der Waals surface area contributed by atoms with E-state index < -0.39 is 0 Å². The van der Waals surface area contributed by atoms with Gasteiger partial charge in [-0.25, -0.2) is 0 Å². The van der Waals surface area contributed by atoms with Crippen LogP contribution in [-0.4, -0.2) is 25.5 Å². The number of nitrogens with zero attached hydrogens (tertiary/aromatic N) is 1. The molecule has 2 amide bonds. The molecule has 2 unspecified atom stereocenters. The first kappa shape index (κ1) is 19.0. The van der Waals surface area contributed by atoms with Crippen LogP contribution in [0.5, 0.6) is 5.75 Å². The minimum atomic E-state index is -0.366. The van der Waals surface area contributed by atoms with Crippen LogP contribution in [-0.2, 0) is 9.59 Å². The van der Waals surface area contributed by atoms with E-state index in [2.05, 4.69) is 23.5 Å². The van der Waals surface area contributed by atoms with Crippen LogP contribution in [0.2, 0.25) is 0 Å². The lowest BCUT2D eigenvalue weighted by Gasteiger charge is -2.21. The number of para-hydroxylation sites is 2. The predicted molar refractivity (Wildman–Crippen MR) is 106 cm³/mol. The van der Waals surface area contributed by atoms with Gasteiger partial charge in [-0.15, -0.1) is 0 Å². The number of rotatable bonds is 5. The van der Waals surface area contributed by atoms with Crippen LogP contribution in [0, 0.1) is 19.8 Å². The summed E-state index contributed by atoms with van der Waals surface area (Å²) < 4.78 is 5.35. The molecule has 0 saturated carbocycles. The van der Waals surface area contributed by atoms with Gasteiger partial charge in [0.25, 0.3) is 0 Å². The Morgan fingerprint density at radius 1 is 1.22 bits per heavy atom. The Labute approximate surface area is 160 Å². The van der Waals surface area contributed by atoms with Gasteiger partial charge in [-0.2, -0.15) is 0 Å². The van der Waals surface area contributed by atoms with Crippen LogP contribution in [0.25, 0.3) is 0 Å². The Hall–Kier alpha value is -2.82. The van der Waals surface area contributed by atoms with Gasteiger partial charge < -0.3 is 15.0 Å². The lowest BCUT2D eigenvalue weighted by molar-refractivity contribution is -0.126. The van der Waals surface area contributed by atoms with Crippen molar-refractivity contribution in [2.24, 2.45) is 5.92 Å². The molecule has 1 saturated heterocycles. The number of hydrogen-bond acceptors (Lipinski definition) is 3. The number of ether oxygens (including phenoxy) is 1. The number of nitrogens with one attached hydrogen (secondary N) is 1. The fourth-order valence-corrected chi connectivity index (χ4v) is 3.60. The normalized spacial score (nSPS) is 17.7. The van der Waals surface area contributed by atoms with Gasteiger partial charge in [-0.3, -0.25) is 9.59 Å². The van der Waals surface area contributed by atoms with E-state index in [1.165, 1.54) is 0 Å². The summed E-state index contributed by atoms with van der Waals surface area (Å²) in [5.74, 6) is 0.124. The summed E-state index contributed by atoms with van der Waals surface area (Å²) in [5, 5.41) is 3.08. The number of aryl methyl sites for hydroxylation is 2. The third-order valence-electron chi connectivity index (χ3n) is 5.13. The Morgan fingerprint density at radius 3 is 2.70 bits per heavy atom. The van der Waals surface area contributed by atoms with Gasteiger partial charge in [0.15, 0.2) is 0 Å². The van der Waals surface area contributed by atoms with Crippen LogP contribution >= 0.6 is 0 Å². The molecule has 1 aliphatic heterocycles. The second-order valence-electron chi connectivity index (χ2n) is 7.17. The van der Waals surface area contributed by atoms with Crippen LogP contribution in [0.4, 0.5) is 5.69 Å². The van der Waals surface area contributed by atoms with E-state index in [4.69, 9.17) is 4.74 Å². The molecular formula is C22H26N2O3. The first-order valence-electron chi connectivity index (χ1n) is 9.21. The lowest BCUT2D eigenvalue weighted by Crippen LogP contribution is -2.34. The van der Waals surface area contributed by atoms with Crippen molar-refractivity contribution in [3.63, 3.8) is 0 Å². The monoisotopic (exact) mass is 366 g/mol. The van der Waals surface area contributed by atoms with Crippen molar-refractivity contribution in [2.75, 3.05) is 18.6 Å². The summed E-state index contributed by atoms with van der Waals surface area (Å²) in [4.78, 5) is 26.9. The molecular weight excluding hydrogens is 340 g/mol. The Balaban J connectivity index is 1.71. The fraction of sp³-hybridized carbons (Fsp3) is 0.364. The second kappa shape index (κ2) is 7.82. The van der Waals surface area contributed by atoms with Crippen molar-refractivity contribution in [3.8, 4) is 5.75 Å². The maximum Gasteiger partial charge on any atom is 0.227 e. The van der Waals surface area contributed by atoms with E-state index in [1.54, 1.807) is 12.0 Å². The number of hydrogen-bond donors (Lipinski definition) is 1. The van der Waals surface area contributed by atoms with Crippen molar-refractivity contribution >= 4 is 17.5 Å². The molecule has 1 aliphatic rings. The quantitative estimate of drug-likeness (QED) is 0.880. The molecule has 1 fully saturated rings. The zero-order chi connectivity index (χ0) is 19.6. The smallest absolute Gasteiger partial charge is 0.227 e. The topological polar surface area (TPSA) is 58.6 Å². The van der Waals surface area contributed by atoms with Gasteiger partial charge in [0.2, 0.25) is 11.8 Å². The number of carbonyl (C=O) groups excluding carboxylic acids is 2. The molecule has 5 heteroatoms. The molecule has 1 heterocycles. The van der Waals surface area contributed by atoms with Gasteiger partial charge in [0, 0.05) is 13.0 Å². The average Bonchev–Trinajstić information content (AvgIpc) is 3.05.